The van der Waals surface area contributed by atoms with Gasteiger partial charge in [-0.05, 0) is 411 Å². The van der Waals surface area contributed by atoms with Crippen LogP contribution in [0.15, 0.2) is 144 Å². The first-order valence-electron chi connectivity index (χ1n) is 46.0. The molecule has 0 amide bonds. The van der Waals surface area contributed by atoms with E-state index < -0.39 is 32.5 Å². The third-order valence-electron chi connectivity index (χ3n) is 35.7. The van der Waals surface area contributed by atoms with Crippen LogP contribution in [0.4, 0.5) is 0 Å². The zero-order valence-electron chi connectivity index (χ0n) is 70.6. The molecule has 0 bridgehead atoms. The molecule has 10 nitrogen and oxygen atoms in total. The van der Waals surface area contributed by atoms with Crippen molar-refractivity contribution in [2.24, 2.45) is 35.0 Å². The topological polar surface area (TPSA) is 132 Å². The molecule has 0 radical (unpaired) electrons. The zero-order valence-corrected chi connectivity index (χ0v) is 70.6. The third-order valence-corrected chi connectivity index (χ3v) is 35.7. The number of carbonyl (C=O) groups excluding carboxylic acids is 5. The van der Waals surface area contributed by atoms with Crippen molar-refractivity contribution in [1.29, 1.82) is 0 Å². The van der Waals surface area contributed by atoms with Crippen LogP contribution in [-0.4, -0.2) is 29.8 Å². The van der Waals surface area contributed by atoms with Gasteiger partial charge in [0.1, 0.15) is 28.7 Å². The number of esters is 5. The normalized spacial score (nSPS) is 23.0. The molecule has 0 aromatic heterocycles. The molecule has 592 valence electrons. The Morgan fingerprint density at radius 1 is 0.206 bits per heavy atom. The molecule has 4 unspecified atom stereocenters. The minimum Gasteiger partial charge on any atom is -0.427 e. The molecular weight excluding hydrogens is 1550 g/mol. The molecule has 11 aliphatic rings. The first-order chi connectivity index (χ1) is 61.1. The van der Waals surface area contributed by atoms with Gasteiger partial charge in [0.15, 0.2) is 0 Å². The van der Waals surface area contributed by atoms with Crippen molar-refractivity contribution in [2.45, 2.75) is 135 Å². The molecular formula is C116H68O10. The second-order valence-electron chi connectivity index (χ2n) is 43.1. The lowest BCUT2D eigenvalue weighted by atomic mass is 9.34. The number of benzene rings is 20. The van der Waals surface area contributed by atoms with Crippen molar-refractivity contribution in [3.05, 3.63) is 227 Å². The van der Waals surface area contributed by atoms with Gasteiger partial charge in [-0.3, -0.25) is 24.0 Å². The van der Waals surface area contributed by atoms with Gasteiger partial charge < -0.3 is 23.7 Å². The Kier molecular flexibility index (Phi) is 9.20. The van der Waals surface area contributed by atoms with Gasteiger partial charge in [0.05, 0.1) is 27.1 Å². The molecule has 4 atom stereocenters. The van der Waals surface area contributed by atoms with Gasteiger partial charge in [-0.1, -0.05) is 137 Å². The van der Waals surface area contributed by atoms with Gasteiger partial charge in [-0.25, -0.2) is 0 Å². The Bertz CT molecular complexity index is 9440. The second kappa shape index (κ2) is 18.0. The first kappa shape index (κ1) is 64.2. The summed E-state index contributed by atoms with van der Waals surface area (Å²) in [5, 5.41) is 56.4. The summed E-state index contributed by atoms with van der Waals surface area (Å²) in [6.07, 6.45) is 1.36. The van der Waals surface area contributed by atoms with Gasteiger partial charge in [0.2, 0.25) is 0 Å². The predicted octanol–water partition coefficient (Wildman–Crippen LogP) is 26.3. The molecule has 11 aliphatic carbocycles. The van der Waals surface area contributed by atoms with Crippen LogP contribution < -0.4 is 23.7 Å². The van der Waals surface area contributed by atoms with Crippen LogP contribution in [0, 0.1) is 35.0 Å². The van der Waals surface area contributed by atoms with Crippen molar-refractivity contribution in [2.75, 3.05) is 0 Å². The number of carbonyl (C=O) groups is 5. The van der Waals surface area contributed by atoms with E-state index in [1.54, 1.807) is 0 Å². The van der Waals surface area contributed by atoms with Gasteiger partial charge in [-0.2, -0.15) is 0 Å². The molecule has 0 heterocycles. The van der Waals surface area contributed by atoms with Gasteiger partial charge in [0, 0.05) is 37.5 Å². The molecule has 0 saturated carbocycles. The van der Waals surface area contributed by atoms with Crippen molar-refractivity contribution in [3.63, 3.8) is 0 Å². The summed E-state index contributed by atoms with van der Waals surface area (Å²) in [6.45, 7) is 23.5. The standard InChI is InChI=1S/C116H68O10/c1-37(2)32-52(117)122-47-22-12-42(13-23-47)112-97-87-77-67-62-57-58-60-61-59(57)64-70-68(62)78(77)88-90-80(70)82-72(64)74-66(61)76-75-65(60)73-71-63(58)69(67)79-81(71)91-93-83(73)85(75)95-96-86(76)84(74)94-92(82)102-100(90)113(98(88)97,43-14-24-48(25-15-43)123-53(118)33-38(3)4)108-107(112)109-111(11)110(108)115(102,45-18-28-50(29-19-45)125-55(120)35-40(7)8)104(94)106(96)116(111,46-20-30-51(31-21-46)126-56(121)36-41(9)10)105(95)103(93)114(109,101(91)99(112)89(79)87)44-16-26-49(27-17-44)124-54(119)34-39(5)6/h12-31,37-41H,32-36H2,1-11H3. The van der Waals surface area contributed by atoms with Crippen LogP contribution in [0.3, 0.4) is 0 Å². The Labute approximate surface area is 714 Å². The highest BCUT2D eigenvalue weighted by atomic mass is 16.6. The van der Waals surface area contributed by atoms with Crippen molar-refractivity contribution < 1.29 is 47.7 Å². The summed E-state index contributed by atoms with van der Waals surface area (Å²) in [7, 11) is 0. The number of hydrogen-bond donors (Lipinski definition) is 0. The molecule has 126 heavy (non-hydrogen) atoms. The van der Waals surface area contributed by atoms with Crippen molar-refractivity contribution in [1.82, 2.24) is 0 Å². The summed E-state index contributed by atoms with van der Waals surface area (Å²) < 4.78 is 33.0. The fourth-order valence-corrected chi connectivity index (χ4v) is 34.0. The number of hydrogen-bond acceptors (Lipinski definition) is 10. The van der Waals surface area contributed by atoms with Gasteiger partial charge in [-0.15, -0.1) is 0 Å². The monoisotopic (exact) mass is 1620 g/mol. The number of ether oxygens (including phenoxy) is 5. The van der Waals surface area contributed by atoms with Crippen LogP contribution in [0.2, 0.25) is 0 Å². The van der Waals surface area contributed by atoms with E-state index in [4.69, 9.17) is 23.7 Å². The lowest BCUT2D eigenvalue weighted by molar-refractivity contribution is -0.136. The third kappa shape index (κ3) is 5.22. The Morgan fingerprint density at radius 3 is 0.548 bits per heavy atom. The lowest BCUT2D eigenvalue weighted by Crippen LogP contribution is -2.62. The molecule has 0 fully saturated rings. The van der Waals surface area contributed by atoms with E-state index in [1.807, 2.05) is 0 Å². The summed E-state index contributed by atoms with van der Waals surface area (Å²) in [5.41, 5.74) is 17.8. The fraction of sp³-hybridized carbons (Fsp3) is 0.233. The molecule has 0 saturated heterocycles. The quantitative estimate of drug-likeness (QED) is 0.0413. The van der Waals surface area contributed by atoms with Gasteiger partial charge in [0.25, 0.3) is 0 Å². The number of rotatable bonds is 20. The molecule has 0 aliphatic heterocycles. The fourth-order valence-electron chi connectivity index (χ4n) is 34.0. The lowest BCUT2D eigenvalue weighted by Gasteiger charge is -2.66. The molecule has 0 N–H and O–H groups in total. The van der Waals surface area contributed by atoms with E-state index in [0.29, 0.717) is 28.7 Å². The highest BCUT2D eigenvalue weighted by Crippen LogP contribution is 2.95. The maximum atomic E-state index is 14.4. The first-order valence-corrected chi connectivity index (χ1v) is 46.0. The zero-order chi connectivity index (χ0) is 82.9. The summed E-state index contributed by atoms with van der Waals surface area (Å²) >= 11 is 0. The van der Waals surface area contributed by atoms with E-state index in [9.17, 15) is 24.0 Å². The van der Waals surface area contributed by atoms with Crippen LogP contribution in [-0.2, 0) is 51.0 Å². The minimum atomic E-state index is -1.15. The molecule has 26 aromatic carbocycles. The van der Waals surface area contributed by atoms with E-state index in [0.717, 1.165) is 27.8 Å². The Balaban J connectivity index is 0.857. The van der Waals surface area contributed by atoms with Crippen molar-refractivity contribution >= 4 is 245 Å². The highest BCUT2D eigenvalue weighted by molar-refractivity contribution is 6.77. The highest BCUT2D eigenvalue weighted by Gasteiger charge is 2.86. The van der Waals surface area contributed by atoms with E-state index in [-0.39, 0.29) is 91.5 Å². The average molecular weight is 1620 g/mol. The molecule has 26 aromatic rings. The average Bonchev–Trinajstić information content (AvgIpc) is 1.36. The largest absolute Gasteiger partial charge is 0.427 e. The number of allylic oxidation sites excluding steroid dienone is 4. The maximum absolute atomic E-state index is 14.4. The van der Waals surface area contributed by atoms with E-state index in [2.05, 4.69) is 197 Å². The SMILES string of the molecule is CC(C)CC(=O)Oc1ccc(C23C4=C5C6(c7ccc(OC(=O)CC(C)C)cc7)c7c2c2c8c3c3c9c%10c%11c%12c%13c%14c%15c%16c%17c%18c(c6c6c7c7c2c2c%19c8c9c8c9c%10c%13c%10c%13c%14c%17c%14c%17c%18c6c6c7c2c2c(c%198)c(c9%10)c(c%13%14)c2c6%17)C%16(c2ccc(OC(=O)CC(C)C)cc2)C5(C)C(=C4C3%11c2ccc(OC(=O)CC(C)C)cc2)C%12%15c2ccc(OC(=O)CC(C)C)cc2)cc1. The van der Waals surface area contributed by atoms with Crippen LogP contribution >= 0.6 is 0 Å². The molecule has 0 spiro atoms. The predicted molar refractivity (Wildman–Crippen MR) is 497 cm³/mol. The van der Waals surface area contributed by atoms with E-state index in [1.165, 1.54) is 293 Å². The van der Waals surface area contributed by atoms with Crippen LogP contribution in [0.25, 0.3) is 215 Å². The van der Waals surface area contributed by atoms with Crippen LogP contribution in [0.5, 0.6) is 28.7 Å². The Morgan fingerprint density at radius 2 is 0.357 bits per heavy atom. The molecule has 10 heteroatoms. The Hall–Kier alpha value is -13.6. The minimum absolute atomic E-state index is 0.0825. The van der Waals surface area contributed by atoms with Crippen LogP contribution in [0.1, 0.15) is 192 Å². The van der Waals surface area contributed by atoms with Crippen molar-refractivity contribution in [3.8, 4) is 28.7 Å². The summed E-state index contributed by atoms with van der Waals surface area (Å²) in [6, 6.07) is 45.3. The summed E-state index contributed by atoms with van der Waals surface area (Å²) in [5.74, 6) is 1.63. The van der Waals surface area contributed by atoms with E-state index >= 15 is 0 Å². The maximum Gasteiger partial charge on any atom is 0.311 e. The second-order valence-corrected chi connectivity index (χ2v) is 43.1. The van der Waals surface area contributed by atoms with Gasteiger partial charge >= 0.3 is 29.8 Å². The molecule has 37 rings (SSSR count). The smallest absolute Gasteiger partial charge is 0.311 e. The summed E-state index contributed by atoms with van der Waals surface area (Å²) in [4.78, 5) is 72.2.